The summed E-state index contributed by atoms with van der Waals surface area (Å²) >= 11 is 0. The zero-order valence-corrected chi connectivity index (χ0v) is 15.6. The van der Waals surface area contributed by atoms with Gasteiger partial charge >= 0.3 is 5.97 Å². The molecule has 0 unspecified atom stereocenters. The Morgan fingerprint density at radius 3 is 2.66 bits per heavy atom. The molecule has 4 aromatic rings. The van der Waals surface area contributed by atoms with E-state index in [1.54, 1.807) is 48.8 Å². The number of esters is 1. The number of aromatic nitrogens is 3. The van der Waals surface area contributed by atoms with Gasteiger partial charge in [0.05, 0.1) is 6.20 Å². The monoisotopic (exact) mass is 387 g/mol. The fourth-order valence-corrected chi connectivity index (χ4v) is 2.60. The Labute approximate surface area is 166 Å². The first-order valence-electron chi connectivity index (χ1n) is 8.93. The third-order valence-electron chi connectivity index (χ3n) is 4.07. The molecule has 7 nitrogen and oxygen atoms in total. The molecule has 0 fully saturated rings. The molecule has 0 aliphatic heterocycles. The molecule has 0 atom stereocenters. The molecular weight excluding hydrogens is 370 g/mol. The maximum absolute atomic E-state index is 12.5. The summed E-state index contributed by atoms with van der Waals surface area (Å²) in [6.45, 7) is 1.86. The Bertz CT molecular complexity index is 1110. The summed E-state index contributed by atoms with van der Waals surface area (Å²) in [6, 6.07) is 18.0. The second-order valence-electron chi connectivity index (χ2n) is 6.24. The highest BCUT2D eigenvalue weighted by atomic mass is 16.6. The third-order valence-corrected chi connectivity index (χ3v) is 4.07. The van der Waals surface area contributed by atoms with Crippen LogP contribution in [0.5, 0.6) is 11.5 Å². The summed E-state index contributed by atoms with van der Waals surface area (Å²) in [5.41, 5.74) is 2.25. The second-order valence-corrected chi connectivity index (χ2v) is 6.24. The smallest absolute Gasteiger partial charge is 0.342 e. The summed E-state index contributed by atoms with van der Waals surface area (Å²) in [4.78, 5) is 20.8. The topological polar surface area (TPSA) is 87.3 Å². The van der Waals surface area contributed by atoms with Crippen molar-refractivity contribution in [3.05, 3.63) is 90.1 Å². The number of nitrogens with zero attached hydrogens (tertiary/aromatic N) is 3. The van der Waals surface area contributed by atoms with Crippen molar-refractivity contribution in [2.24, 2.45) is 0 Å². The lowest BCUT2D eigenvalue weighted by molar-refractivity contribution is 0.0427. The highest BCUT2D eigenvalue weighted by Gasteiger charge is 2.16. The van der Waals surface area contributed by atoms with Gasteiger partial charge in [-0.25, -0.2) is 4.79 Å². The number of benzene rings is 2. The van der Waals surface area contributed by atoms with Crippen molar-refractivity contribution >= 4 is 5.97 Å². The van der Waals surface area contributed by atoms with Gasteiger partial charge in [0.1, 0.15) is 17.1 Å². The Kier molecular flexibility index (Phi) is 5.29. The summed E-state index contributed by atoms with van der Waals surface area (Å²) in [7, 11) is 0. The van der Waals surface area contributed by atoms with Crippen LogP contribution in [0, 0.1) is 6.92 Å². The van der Waals surface area contributed by atoms with Crippen LogP contribution < -0.4 is 4.74 Å². The maximum atomic E-state index is 12.5. The molecule has 0 amide bonds. The first-order valence-corrected chi connectivity index (χ1v) is 8.93. The largest absolute Gasteiger partial charge is 0.455 e. The standard InChI is InChI=1S/C22H17N3O4/c1-15-8-10-16(11-9-15)21-24-20(29-25-21)14-27-22(26)18-6-2-3-7-19(18)28-17-5-4-12-23-13-17/h2-13H,14H2,1H3. The van der Waals surface area contributed by atoms with Crippen LogP contribution in [0.15, 0.2) is 77.6 Å². The van der Waals surface area contributed by atoms with Crippen LogP contribution in [0.1, 0.15) is 21.8 Å². The van der Waals surface area contributed by atoms with Gasteiger partial charge in [-0.1, -0.05) is 47.1 Å². The van der Waals surface area contributed by atoms with Crippen molar-refractivity contribution in [2.75, 3.05) is 0 Å². The fraction of sp³-hybridized carbons (Fsp3) is 0.0909. The van der Waals surface area contributed by atoms with E-state index in [2.05, 4.69) is 15.1 Å². The number of para-hydroxylation sites is 1. The summed E-state index contributed by atoms with van der Waals surface area (Å²) in [5, 5.41) is 3.93. The molecule has 0 saturated heterocycles. The van der Waals surface area contributed by atoms with E-state index < -0.39 is 5.97 Å². The fourth-order valence-electron chi connectivity index (χ4n) is 2.60. The van der Waals surface area contributed by atoms with Crippen molar-refractivity contribution in [3.63, 3.8) is 0 Å². The minimum atomic E-state index is -0.556. The van der Waals surface area contributed by atoms with Gasteiger partial charge in [0.25, 0.3) is 5.89 Å². The van der Waals surface area contributed by atoms with E-state index in [1.165, 1.54) is 0 Å². The van der Waals surface area contributed by atoms with E-state index in [4.69, 9.17) is 14.0 Å². The number of hydrogen-bond acceptors (Lipinski definition) is 7. The van der Waals surface area contributed by atoms with E-state index in [-0.39, 0.29) is 18.1 Å². The van der Waals surface area contributed by atoms with E-state index in [9.17, 15) is 4.79 Å². The molecule has 7 heteroatoms. The van der Waals surface area contributed by atoms with Crippen LogP contribution in [0.3, 0.4) is 0 Å². The van der Waals surface area contributed by atoms with Crippen LogP contribution >= 0.6 is 0 Å². The molecule has 0 aliphatic carbocycles. The Morgan fingerprint density at radius 1 is 1.03 bits per heavy atom. The van der Waals surface area contributed by atoms with Gasteiger partial charge in [0.15, 0.2) is 6.61 Å². The van der Waals surface area contributed by atoms with Gasteiger partial charge in [-0.05, 0) is 31.2 Å². The molecule has 2 aromatic heterocycles. The quantitative estimate of drug-likeness (QED) is 0.447. The normalized spacial score (nSPS) is 10.5. The van der Waals surface area contributed by atoms with Crippen molar-refractivity contribution in [1.29, 1.82) is 0 Å². The van der Waals surface area contributed by atoms with E-state index >= 15 is 0 Å². The van der Waals surface area contributed by atoms with Crippen molar-refractivity contribution in [1.82, 2.24) is 15.1 Å². The predicted octanol–water partition coefficient (Wildman–Crippen LogP) is 4.59. The number of rotatable bonds is 6. The first kappa shape index (κ1) is 18.4. The van der Waals surface area contributed by atoms with Crippen LogP contribution in [-0.2, 0) is 11.3 Å². The summed E-state index contributed by atoms with van der Waals surface area (Å²) < 4.78 is 16.3. The van der Waals surface area contributed by atoms with Gasteiger partial charge in [-0.2, -0.15) is 4.98 Å². The molecule has 0 N–H and O–H groups in total. The van der Waals surface area contributed by atoms with Gasteiger partial charge in [0.2, 0.25) is 5.82 Å². The Morgan fingerprint density at radius 2 is 1.86 bits per heavy atom. The first-order chi connectivity index (χ1) is 14.2. The van der Waals surface area contributed by atoms with E-state index in [1.807, 2.05) is 31.2 Å². The number of ether oxygens (including phenoxy) is 2. The van der Waals surface area contributed by atoms with Crippen LogP contribution in [0.2, 0.25) is 0 Å². The summed E-state index contributed by atoms with van der Waals surface area (Å²) in [5.74, 6) is 0.985. The average Bonchev–Trinajstić information content (AvgIpc) is 3.23. The van der Waals surface area contributed by atoms with Crippen LogP contribution in [-0.4, -0.2) is 21.1 Å². The molecule has 0 radical (unpaired) electrons. The zero-order chi connectivity index (χ0) is 20.1. The molecule has 144 valence electrons. The van der Waals surface area contributed by atoms with Crippen molar-refractivity contribution in [2.45, 2.75) is 13.5 Å². The second kappa shape index (κ2) is 8.35. The highest BCUT2D eigenvalue weighted by Crippen LogP contribution is 2.25. The minimum absolute atomic E-state index is 0.140. The van der Waals surface area contributed by atoms with Crippen LogP contribution in [0.4, 0.5) is 0 Å². The SMILES string of the molecule is Cc1ccc(-c2noc(COC(=O)c3ccccc3Oc3cccnc3)n2)cc1. The predicted molar refractivity (Wildman–Crippen MR) is 104 cm³/mol. The molecule has 0 spiro atoms. The Hall–Kier alpha value is -4.00. The van der Waals surface area contributed by atoms with E-state index in [0.717, 1.165) is 11.1 Å². The lowest BCUT2D eigenvalue weighted by atomic mass is 10.1. The molecular formula is C22H17N3O4. The maximum Gasteiger partial charge on any atom is 0.342 e. The third kappa shape index (κ3) is 4.47. The van der Waals surface area contributed by atoms with Gasteiger partial charge in [-0.3, -0.25) is 4.98 Å². The molecule has 4 rings (SSSR count). The molecule has 0 bridgehead atoms. The van der Waals surface area contributed by atoms with Crippen LogP contribution in [0.25, 0.3) is 11.4 Å². The van der Waals surface area contributed by atoms with E-state index in [0.29, 0.717) is 17.3 Å². The molecule has 29 heavy (non-hydrogen) atoms. The lowest BCUT2D eigenvalue weighted by Crippen LogP contribution is -2.07. The minimum Gasteiger partial charge on any atom is -0.455 e. The van der Waals surface area contributed by atoms with Gasteiger partial charge < -0.3 is 14.0 Å². The number of carbonyl (C=O) groups excluding carboxylic acids is 1. The number of carbonyl (C=O) groups is 1. The van der Waals surface area contributed by atoms with Crippen molar-refractivity contribution < 1.29 is 18.8 Å². The lowest BCUT2D eigenvalue weighted by Gasteiger charge is -2.09. The van der Waals surface area contributed by atoms with Gasteiger partial charge in [-0.15, -0.1) is 0 Å². The van der Waals surface area contributed by atoms with Gasteiger partial charge in [0, 0.05) is 11.8 Å². The number of hydrogen-bond donors (Lipinski definition) is 0. The van der Waals surface area contributed by atoms with Crippen molar-refractivity contribution in [3.8, 4) is 22.9 Å². The molecule has 0 saturated carbocycles. The molecule has 2 heterocycles. The number of aryl methyl sites for hydroxylation is 1. The zero-order valence-electron chi connectivity index (χ0n) is 15.6. The highest BCUT2D eigenvalue weighted by molar-refractivity contribution is 5.92. The summed E-state index contributed by atoms with van der Waals surface area (Å²) in [6.07, 6.45) is 3.20. The number of pyridine rings is 1. The molecule has 0 aliphatic rings. The average molecular weight is 387 g/mol. The Balaban J connectivity index is 1.43. The molecule has 2 aromatic carbocycles.